The molecule has 1 unspecified atom stereocenters. The molecule has 0 aromatic carbocycles. The van der Waals surface area contributed by atoms with E-state index < -0.39 is 0 Å². The number of unbranched alkanes of at least 4 members (excludes halogenated alkanes) is 1. The summed E-state index contributed by atoms with van der Waals surface area (Å²) < 4.78 is 0. The molecule has 0 N–H and O–H groups in total. The predicted molar refractivity (Wildman–Crippen MR) is 77.5 cm³/mol. The van der Waals surface area contributed by atoms with Crippen molar-refractivity contribution in [3.05, 3.63) is 34.0 Å². The lowest BCUT2D eigenvalue weighted by Crippen LogP contribution is -1.95. The number of hydrogen-bond acceptors (Lipinski definition) is 1. The Bertz CT molecular complexity index is 296. The summed E-state index contributed by atoms with van der Waals surface area (Å²) in [4.78, 5) is 1.52. The Morgan fingerprint density at radius 3 is 2.56 bits per heavy atom. The van der Waals surface area contributed by atoms with E-state index in [1.807, 2.05) is 25.2 Å². The zero-order valence-electron chi connectivity index (χ0n) is 11.5. The van der Waals surface area contributed by atoms with Crippen LogP contribution in [0, 0.1) is 0 Å². The lowest BCUT2D eigenvalue weighted by Gasteiger charge is -2.11. The van der Waals surface area contributed by atoms with Crippen molar-refractivity contribution in [2.45, 2.75) is 59.8 Å². The largest absolute Gasteiger partial charge is 0.148 e. The van der Waals surface area contributed by atoms with Gasteiger partial charge in [-0.3, -0.25) is 0 Å². The van der Waals surface area contributed by atoms with Gasteiger partial charge in [0.15, 0.2) is 0 Å². The van der Waals surface area contributed by atoms with Gasteiger partial charge in [-0.1, -0.05) is 46.3 Å². The van der Waals surface area contributed by atoms with Crippen LogP contribution in [0.1, 0.15) is 63.8 Å². The first-order chi connectivity index (χ1) is 7.66. The molecule has 0 aliphatic carbocycles. The highest BCUT2D eigenvalue weighted by Gasteiger charge is 2.11. The second-order valence-corrected chi connectivity index (χ2v) is 4.93. The fourth-order valence-electron chi connectivity index (χ4n) is 1.52. The van der Waals surface area contributed by atoms with Gasteiger partial charge in [-0.05, 0) is 36.8 Å². The van der Waals surface area contributed by atoms with Crippen LogP contribution in [0.3, 0.4) is 0 Å². The minimum Gasteiger partial charge on any atom is -0.148 e. The van der Waals surface area contributed by atoms with Gasteiger partial charge in [0.25, 0.3) is 0 Å². The molecule has 0 spiro atoms. The summed E-state index contributed by atoms with van der Waals surface area (Å²) in [5, 5.41) is 2.21. The first kappa shape index (κ1) is 15.4. The van der Waals surface area contributed by atoms with Crippen LogP contribution < -0.4 is 0 Å². The van der Waals surface area contributed by atoms with Gasteiger partial charge in [-0.15, -0.1) is 11.3 Å². The van der Waals surface area contributed by atoms with E-state index in [0.29, 0.717) is 5.92 Å². The fraction of sp³-hybridized carbons (Fsp3) is 0.600. The molecule has 0 saturated heterocycles. The summed E-state index contributed by atoms with van der Waals surface area (Å²) in [6.07, 6.45) is 3.80. The van der Waals surface area contributed by atoms with E-state index >= 15 is 0 Å². The minimum atomic E-state index is 0.529. The lowest BCUT2D eigenvalue weighted by atomic mass is 9.97. The average Bonchev–Trinajstić information content (AvgIpc) is 2.75. The van der Waals surface area contributed by atoms with Crippen molar-refractivity contribution >= 4 is 11.3 Å². The molecule has 1 heteroatoms. The van der Waals surface area contributed by atoms with Gasteiger partial charge in [-0.25, -0.2) is 0 Å². The molecule has 0 aliphatic heterocycles. The van der Waals surface area contributed by atoms with Crippen LogP contribution in [0.15, 0.2) is 23.6 Å². The van der Waals surface area contributed by atoms with Gasteiger partial charge in [0.2, 0.25) is 0 Å². The maximum atomic E-state index is 4.04. The molecule has 0 amide bonds. The Morgan fingerprint density at radius 2 is 2.06 bits per heavy atom. The molecule has 1 aromatic heterocycles. The topological polar surface area (TPSA) is 0 Å². The van der Waals surface area contributed by atoms with Crippen molar-refractivity contribution in [3.63, 3.8) is 0 Å². The van der Waals surface area contributed by atoms with E-state index in [9.17, 15) is 0 Å². The highest BCUT2D eigenvalue weighted by molar-refractivity contribution is 7.10. The van der Waals surface area contributed by atoms with E-state index in [-0.39, 0.29) is 0 Å². The molecule has 0 radical (unpaired) electrons. The number of hydrogen-bond donors (Lipinski definition) is 0. The summed E-state index contributed by atoms with van der Waals surface area (Å²) in [5.74, 6) is 0.529. The highest BCUT2D eigenvalue weighted by atomic mass is 32.1. The molecule has 0 saturated carbocycles. The average molecular weight is 238 g/mol. The third-order valence-electron chi connectivity index (χ3n) is 2.71. The summed E-state index contributed by atoms with van der Waals surface area (Å²) >= 11 is 1.88. The van der Waals surface area contributed by atoms with Crippen LogP contribution in [0.4, 0.5) is 0 Å². The Kier molecular flexibility index (Phi) is 8.28. The third-order valence-corrected chi connectivity index (χ3v) is 3.85. The molecular formula is C15H26S. The van der Waals surface area contributed by atoms with Crippen LogP contribution in [0.25, 0.3) is 0 Å². The van der Waals surface area contributed by atoms with E-state index in [0.717, 1.165) is 0 Å². The van der Waals surface area contributed by atoms with E-state index in [4.69, 9.17) is 0 Å². The quantitative estimate of drug-likeness (QED) is 0.569. The highest BCUT2D eigenvalue weighted by Crippen LogP contribution is 2.31. The van der Waals surface area contributed by atoms with Crippen LogP contribution >= 0.6 is 11.3 Å². The van der Waals surface area contributed by atoms with E-state index in [2.05, 4.69) is 38.8 Å². The molecule has 1 aromatic rings. The van der Waals surface area contributed by atoms with Crippen LogP contribution in [-0.4, -0.2) is 0 Å². The molecule has 92 valence electrons. The summed E-state index contributed by atoms with van der Waals surface area (Å²) in [6, 6.07) is 2.27. The van der Waals surface area contributed by atoms with Crippen molar-refractivity contribution < 1.29 is 0 Å². The van der Waals surface area contributed by atoms with Crippen LogP contribution in [0.5, 0.6) is 0 Å². The molecule has 1 rings (SSSR count). The van der Waals surface area contributed by atoms with Gasteiger partial charge < -0.3 is 0 Å². The predicted octanol–water partition coefficient (Wildman–Crippen LogP) is 5.80. The first-order valence-electron chi connectivity index (χ1n) is 6.38. The van der Waals surface area contributed by atoms with Crippen molar-refractivity contribution in [3.8, 4) is 0 Å². The van der Waals surface area contributed by atoms with Crippen molar-refractivity contribution in [2.75, 3.05) is 0 Å². The zero-order valence-corrected chi connectivity index (χ0v) is 12.3. The molecular weight excluding hydrogens is 212 g/mol. The molecule has 0 fully saturated rings. The molecule has 1 heterocycles. The van der Waals surface area contributed by atoms with Crippen molar-refractivity contribution in [1.29, 1.82) is 0 Å². The van der Waals surface area contributed by atoms with Gasteiger partial charge in [-0.2, -0.15) is 0 Å². The van der Waals surface area contributed by atoms with Crippen molar-refractivity contribution in [1.82, 2.24) is 0 Å². The monoisotopic (exact) mass is 238 g/mol. The molecule has 1 atom stereocenters. The number of allylic oxidation sites excluding steroid dienone is 1. The number of rotatable bonds is 5. The van der Waals surface area contributed by atoms with Crippen LogP contribution in [0.2, 0.25) is 0 Å². The molecule has 16 heavy (non-hydrogen) atoms. The number of thiophene rings is 1. The zero-order chi connectivity index (χ0) is 12.6. The maximum Gasteiger partial charge on any atom is 0.0146 e. The van der Waals surface area contributed by atoms with E-state index in [1.54, 1.807) is 0 Å². The minimum absolute atomic E-state index is 0.529. The van der Waals surface area contributed by atoms with Gasteiger partial charge in [0.1, 0.15) is 0 Å². The molecule has 0 aliphatic rings. The summed E-state index contributed by atoms with van der Waals surface area (Å²) in [5.41, 5.74) is 2.80. The lowest BCUT2D eigenvalue weighted by molar-refractivity contribution is 0.782. The van der Waals surface area contributed by atoms with Crippen LogP contribution in [-0.2, 0) is 6.42 Å². The van der Waals surface area contributed by atoms with Crippen molar-refractivity contribution in [2.24, 2.45) is 0 Å². The standard InChI is InChI=1S/C13H20S.C2H6/c1-5-6-7-12-8-9-14-13(12)11(4)10(2)3;1-2/h8-9,11H,2,5-7H2,1,3-4H3;1-2H3. The Labute approximate surface area is 105 Å². The SMILES string of the molecule is C=C(C)C(C)c1sccc1CCCC.CC. The normalized spacial score (nSPS) is 11.6. The molecule has 0 nitrogen and oxygen atoms in total. The summed E-state index contributed by atoms with van der Waals surface area (Å²) in [7, 11) is 0. The second kappa shape index (κ2) is 8.58. The third kappa shape index (κ3) is 4.52. The van der Waals surface area contributed by atoms with Gasteiger partial charge in [0, 0.05) is 10.8 Å². The fourth-order valence-corrected chi connectivity index (χ4v) is 2.63. The Hall–Kier alpha value is -0.560. The Morgan fingerprint density at radius 1 is 1.44 bits per heavy atom. The number of aryl methyl sites for hydroxylation is 1. The smallest absolute Gasteiger partial charge is 0.0146 e. The first-order valence-corrected chi connectivity index (χ1v) is 7.26. The second-order valence-electron chi connectivity index (χ2n) is 3.98. The summed E-state index contributed by atoms with van der Waals surface area (Å²) in [6.45, 7) is 14.7. The van der Waals surface area contributed by atoms with Gasteiger partial charge in [0.05, 0.1) is 0 Å². The van der Waals surface area contributed by atoms with Gasteiger partial charge >= 0.3 is 0 Å². The molecule has 0 bridgehead atoms. The Balaban J connectivity index is 0.00000106. The van der Waals surface area contributed by atoms with E-state index in [1.165, 1.54) is 35.3 Å². The maximum absolute atomic E-state index is 4.04.